The molecule has 2 aliphatic rings. The highest BCUT2D eigenvalue weighted by Gasteiger charge is 2.28. The topological polar surface area (TPSA) is 12.0 Å². The van der Waals surface area contributed by atoms with Crippen LogP contribution in [0.15, 0.2) is 29.2 Å². The lowest BCUT2D eigenvalue weighted by atomic mass is 9.79. The maximum Gasteiger partial charge on any atom is 0.0107 e. The molecule has 1 saturated carbocycles. The van der Waals surface area contributed by atoms with Gasteiger partial charge in [-0.15, -0.1) is 11.8 Å². The van der Waals surface area contributed by atoms with Gasteiger partial charge in [0.15, 0.2) is 0 Å². The molecule has 1 aliphatic carbocycles. The van der Waals surface area contributed by atoms with Crippen molar-refractivity contribution >= 4 is 11.8 Å². The predicted molar refractivity (Wildman–Crippen MR) is 88.6 cm³/mol. The molecule has 0 bridgehead atoms. The van der Waals surface area contributed by atoms with Gasteiger partial charge >= 0.3 is 0 Å². The van der Waals surface area contributed by atoms with Crippen LogP contribution in [-0.4, -0.2) is 18.3 Å². The molecule has 2 heteroatoms. The first kappa shape index (κ1) is 14.5. The third-order valence-electron chi connectivity index (χ3n) is 4.88. The maximum absolute atomic E-state index is 3.74. The van der Waals surface area contributed by atoms with Crippen molar-refractivity contribution in [1.82, 2.24) is 5.32 Å². The summed E-state index contributed by atoms with van der Waals surface area (Å²) in [6.45, 7) is 3.46. The number of rotatable bonds is 5. The number of fused-ring (bicyclic) bond motifs is 1. The molecule has 1 aromatic rings. The minimum absolute atomic E-state index is 0.790. The van der Waals surface area contributed by atoms with Crippen LogP contribution in [0.5, 0.6) is 0 Å². The van der Waals surface area contributed by atoms with E-state index in [1.165, 1.54) is 55.7 Å². The number of hydrogen-bond donors (Lipinski definition) is 1. The van der Waals surface area contributed by atoms with Crippen LogP contribution in [0, 0.1) is 5.92 Å². The highest BCUT2D eigenvalue weighted by molar-refractivity contribution is 7.99. The Bertz CT molecular complexity index is 431. The van der Waals surface area contributed by atoms with Crippen molar-refractivity contribution in [3.63, 3.8) is 0 Å². The second-order valence-corrected chi connectivity index (χ2v) is 7.53. The Kier molecular flexibility index (Phi) is 5.06. The van der Waals surface area contributed by atoms with E-state index in [1.807, 2.05) is 0 Å². The number of thioether (sulfide) groups is 1. The summed E-state index contributed by atoms with van der Waals surface area (Å²) in [6.07, 6.45) is 8.35. The van der Waals surface area contributed by atoms with Gasteiger partial charge in [0.25, 0.3) is 0 Å². The van der Waals surface area contributed by atoms with Gasteiger partial charge in [-0.25, -0.2) is 0 Å². The Labute approximate surface area is 127 Å². The second-order valence-electron chi connectivity index (χ2n) is 6.47. The van der Waals surface area contributed by atoms with Crippen molar-refractivity contribution in [2.24, 2.45) is 5.92 Å². The van der Waals surface area contributed by atoms with E-state index >= 15 is 0 Å². The Morgan fingerprint density at radius 1 is 1.25 bits per heavy atom. The van der Waals surface area contributed by atoms with Crippen LogP contribution in [0.25, 0.3) is 0 Å². The fourth-order valence-corrected chi connectivity index (χ4v) is 5.14. The van der Waals surface area contributed by atoms with Gasteiger partial charge < -0.3 is 5.32 Å². The molecule has 20 heavy (non-hydrogen) atoms. The highest BCUT2D eigenvalue weighted by Crippen LogP contribution is 2.44. The minimum Gasteiger partial charge on any atom is -0.314 e. The summed E-state index contributed by atoms with van der Waals surface area (Å²) in [5, 5.41) is 3.74. The van der Waals surface area contributed by atoms with Crippen LogP contribution >= 0.6 is 11.8 Å². The first-order valence-corrected chi connectivity index (χ1v) is 9.30. The fraction of sp³-hybridized carbons (Fsp3) is 0.667. The van der Waals surface area contributed by atoms with Crippen molar-refractivity contribution in [3.8, 4) is 0 Å². The lowest BCUT2D eigenvalue weighted by Gasteiger charge is -2.31. The first-order valence-electron chi connectivity index (χ1n) is 8.32. The SMILES string of the molecule is CCCNC1CCCC(CC2CSc3ccccc32)C1. The summed E-state index contributed by atoms with van der Waals surface area (Å²) in [5.74, 6) is 3.06. The van der Waals surface area contributed by atoms with E-state index in [0.29, 0.717) is 0 Å². The summed E-state index contributed by atoms with van der Waals surface area (Å²) >= 11 is 2.06. The van der Waals surface area contributed by atoms with E-state index in [1.54, 1.807) is 5.56 Å². The van der Waals surface area contributed by atoms with E-state index in [9.17, 15) is 0 Å². The van der Waals surface area contributed by atoms with Crippen molar-refractivity contribution in [3.05, 3.63) is 29.8 Å². The lowest BCUT2D eigenvalue weighted by Crippen LogP contribution is -2.35. The van der Waals surface area contributed by atoms with Crippen molar-refractivity contribution in [2.75, 3.05) is 12.3 Å². The van der Waals surface area contributed by atoms with Gasteiger partial charge in [0.05, 0.1) is 0 Å². The van der Waals surface area contributed by atoms with E-state index in [2.05, 4.69) is 48.3 Å². The molecule has 0 amide bonds. The molecule has 0 aromatic heterocycles. The van der Waals surface area contributed by atoms with E-state index in [0.717, 1.165) is 17.9 Å². The van der Waals surface area contributed by atoms with Gasteiger partial charge in [-0.05, 0) is 55.7 Å². The molecule has 0 saturated heterocycles. The Hall–Kier alpha value is -0.470. The quantitative estimate of drug-likeness (QED) is 0.833. The normalized spacial score (nSPS) is 29.4. The van der Waals surface area contributed by atoms with Crippen LogP contribution in [0.1, 0.15) is 56.9 Å². The van der Waals surface area contributed by atoms with Crippen molar-refractivity contribution < 1.29 is 0 Å². The average molecular weight is 289 g/mol. The zero-order valence-electron chi connectivity index (χ0n) is 12.6. The van der Waals surface area contributed by atoms with Crippen LogP contribution in [-0.2, 0) is 0 Å². The summed E-state index contributed by atoms with van der Waals surface area (Å²) in [5.41, 5.74) is 1.63. The largest absolute Gasteiger partial charge is 0.314 e. The third kappa shape index (κ3) is 3.40. The molecule has 110 valence electrons. The molecule has 1 heterocycles. The zero-order valence-corrected chi connectivity index (χ0v) is 13.4. The zero-order chi connectivity index (χ0) is 13.8. The van der Waals surface area contributed by atoms with E-state index in [-0.39, 0.29) is 0 Å². The molecule has 1 aromatic carbocycles. The van der Waals surface area contributed by atoms with E-state index < -0.39 is 0 Å². The monoisotopic (exact) mass is 289 g/mol. The van der Waals surface area contributed by atoms with Gasteiger partial charge in [0.1, 0.15) is 0 Å². The molecule has 1 fully saturated rings. The van der Waals surface area contributed by atoms with Crippen LogP contribution in [0.4, 0.5) is 0 Å². The Morgan fingerprint density at radius 2 is 2.15 bits per heavy atom. The van der Waals surface area contributed by atoms with Crippen LogP contribution < -0.4 is 5.32 Å². The van der Waals surface area contributed by atoms with Crippen LogP contribution in [0.2, 0.25) is 0 Å². The predicted octanol–water partition coefficient (Wildman–Crippen LogP) is 4.82. The summed E-state index contributed by atoms with van der Waals surface area (Å²) in [4.78, 5) is 1.54. The van der Waals surface area contributed by atoms with Gasteiger partial charge in [0.2, 0.25) is 0 Å². The van der Waals surface area contributed by atoms with Crippen molar-refractivity contribution in [1.29, 1.82) is 0 Å². The molecular weight excluding hydrogens is 262 g/mol. The van der Waals surface area contributed by atoms with Gasteiger partial charge in [-0.1, -0.05) is 38.0 Å². The minimum atomic E-state index is 0.790. The molecule has 1 nitrogen and oxygen atoms in total. The molecule has 3 unspecified atom stereocenters. The number of hydrogen-bond acceptors (Lipinski definition) is 2. The summed E-state index contributed by atoms with van der Waals surface area (Å²) < 4.78 is 0. The van der Waals surface area contributed by atoms with Gasteiger partial charge in [-0.3, -0.25) is 0 Å². The smallest absolute Gasteiger partial charge is 0.0107 e. The molecule has 0 spiro atoms. The molecule has 1 aliphatic heterocycles. The average Bonchev–Trinajstić information content (AvgIpc) is 2.89. The number of benzene rings is 1. The Balaban J connectivity index is 1.56. The molecule has 3 rings (SSSR count). The van der Waals surface area contributed by atoms with E-state index in [4.69, 9.17) is 0 Å². The molecule has 3 atom stereocenters. The van der Waals surface area contributed by atoms with Gasteiger partial charge in [-0.2, -0.15) is 0 Å². The fourth-order valence-electron chi connectivity index (χ4n) is 3.87. The summed E-state index contributed by atoms with van der Waals surface area (Å²) in [7, 11) is 0. The van der Waals surface area contributed by atoms with Gasteiger partial charge in [0, 0.05) is 16.7 Å². The maximum atomic E-state index is 3.74. The highest BCUT2D eigenvalue weighted by atomic mass is 32.2. The Morgan fingerprint density at radius 3 is 3.05 bits per heavy atom. The third-order valence-corrected chi connectivity index (χ3v) is 6.13. The lowest BCUT2D eigenvalue weighted by molar-refractivity contribution is 0.265. The first-order chi connectivity index (χ1) is 9.86. The second kappa shape index (κ2) is 7.00. The standard InChI is InChI=1S/C18H27NS/c1-2-10-19-16-7-5-6-14(12-16)11-15-13-20-18-9-4-3-8-17(15)18/h3-4,8-9,14-16,19H,2,5-7,10-13H2,1H3. The number of nitrogens with one attached hydrogen (secondary N) is 1. The molecular formula is C18H27NS. The van der Waals surface area contributed by atoms with Crippen LogP contribution in [0.3, 0.4) is 0 Å². The molecule has 1 N–H and O–H groups in total. The molecule has 0 radical (unpaired) electrons. The summed E-state index contributed by atoms with van der Waals surface area (Å²) in [6, 6.07) is 9.84. The van der Waals surface area contributed by atoms with Crippen molar-refractivity contribution in [2.45, 2.75) is 62.3 Å².